The van der Waals surface area contributed by atoms with Crippen molar-refractivity contribution in [2.75, 3.05) is 5.73 Å². The van der Waals surface area contributed by atoms with Crippen LogP contribution >= 0.6 is 0 Å². The van der Waals surface area contributed by atoms with E-state index in [2.05, 4.69) is 0 Å². The Morgan fingerprint density at radius 2 is 1.43 bits per heavy atom. The monoisotopic (exact) mass is 305 g/mol. The highest BCUT2D eigenvalue weighted by Crippen LogP contribution is 2.23. The van der Waals surface area contributed by atoms with Crippen LogP contribution in [0.5, 0.6) is 0 Å². The van der Waals surface area contributed by atoms with Crippen molar-refractivity contribution in [1.82, 2.24) is 0 Å². The fourth-order valence-corrected chi connectivity index (χ4v) is 2.32. The molecule has 0 aliphatic heterocycles. The molecule has 5 heteroatoms. The Kier molecular flexibility index (Phi) is 7.54. The van der Waals surface area contributed by atoms with E-state index in [1.54, 1.807) is 18.2 Å². The molecule has 0 aromatic heterocycles. The number of alkyl halides is 3. The molecule has 0 aliphatic rings. The van der Waals surface area contributed by atoms with E-state index in [0.29, 0.717) is 18.4 Å². The number of halogens is 4. The molecule has 0 fully saturated rings. The van der Waals surface area contributed by atoms with Crippen LogP contribution in [0.25, 0.3) is 0 Å². The van der Waals surface area contributed by atoms with Crippen LogP contribution in [0.1, 0.15) is 56.9 Å². The van der Waals surface area contributed by atoms with Gasteiger partial charge >= 0.3 is 6.18 Å². The minimum Gasteiger partial charge on any atom is -0.396 e. The van der Waals surface area contributed by atoms with Crippen molar-refractivity contribution in [3.63, 3.8) is 0 Å². The summed E-state index contributed by atoms with van der Waals surface area (Å²) in [4.78, 5) is 0. The minimum absolute atomic E-state index is 0.178. The lowest BCUT2D eigenvalue weighted by atomic mass is 10.0. The standard InChI is InChI=1S/C16H23F4N/c17-15-13(10-8-11-14(15)21)9-6-4-2-1-3-5-7-12-16(18,19)20/h8,10-11H,1-7,9,12,21H2. The third kappa shape index (κ3) is 7.93. The summed E-state index contributed by atoms with van der Waals surface area (Å²) in [6.45, 7) is 0. The molecule has 0 unspecified atom stereocenters. The lowest BCUT2D eigenvalue weighted by Gasteiger charge is -2.06. The molecule has 1 aromatic rings. The van der Waals surface area contributed by atoms with E-state index in [1.165, 1.54) is 0 Å². The number of unbranched alkanes of at least 4 members (excludes halogenated alkanes) is 6. The van der Waals surface area contributed by atoms with Gasteiger partial charge in [-0.25, -0.2) is 4.39 Å². The van der Waals surface area contributed by atoms with Crippen LogP contribution in [0, 0.1) is 5.82 Å². The van der Waals surface area contributed by atoms with Crippen LogP contribution in [0.2, 0.25) is 0 Å². The van der Waals surface area contributed by atoms with E-state index >= 15 is 0 Å². The molecule has 0 radical (unpaired) electrons. The second-order valence-corrected chi connectivity index (χ2v) is 5.41. The zero-order valence-corrected chi connectivity index (χ0v) is 12.2. The maximum Gasteiger partial charge on any atom is 0.389 e. The lowest BCUT2D eigenvalue weighted by molar-refractivity contribution is -0.135. The summed E-state index contributed by atoms with van der Waals surface area (Å²) < 4.78 is 49.3. The van der Waals surface area contributed by atoms with Crippen LogP contribution < -0.4 is 5.73 Å². The highest BCUT2D eigenvalue weighted by molar-refractivity contribution is 5.42. The summed E-state index contributed by atoms with van der Waals surface area (Å²) in [5, 5.41) is 0. The molecule has 1 rings (SSSR count). The first-order chi connectivity index (χ1) is 9.90. The van der Waals surface area contributed by atoms with Crippen LogP contribution in [0.15, 0.2) is 18.2 Å². The van der Waals surface area contributed by atoms with Crippen molar-refractivity contribution < 1.29 is 17.6 Å². The molecule has 21 heavy (non-hydrogen) atoms. The predicted molar refractivity (Wildman–Crippen MR) is 77.5 cm³/mol. The first kappa shape index (κ1) is 17.8. The highest BCUT2D eigenvalue weighted by Gasteiger charge is 2.25. The second kappa shape index (κ2) is 8.90. The zero-order chi connectivity index (χ0) is 15.7. The van der Waals surface area contributed by atoms with Gasteiger partial charge in [-0.1, -0.05) is 44.2 Å². The number of aryl methyl sites for hydroxylation is 1. The van der Waals surface area contributed by atoms with Gasteiger partial charge in [0.15, 0.2) is 0 Å². The second-order valence-electron chi connectivity index (χ2n) is 5.41. The Morgan fingerprint density at radius 3 is 2.05 bits per heavy atom. The Labute approximate surface area is 123 Å². The number of nitrogen functional groups attached to an aromatic ring is 1. The normalized spacial score (nSPS) is 11.8. The molecule has 0 saturated heterocycles. The van der Waals surface area contributed by atoms with Crippen molar-refractivity contribution in [3.05, 3.63) is 29.6 Å². The summed E-state index contributed by atoms with van der Waals surface area (Å²) in [7, 11) is 0. The average molecular weight is 305 g/mol. The van der Waals surface area contributed by atoms with Gasteiger partial charge in [-0.2, -0.15) is 13.2 Å². The van der Waals surface area contributed by atoms with E-state index in [9.17, 15) is 17.6 Å². The molecule has 1 nitrogen and oxygen atoms in total. The van der Waals surface area contributed by atoms with Gasteiger partial charge < -0.3 is 5.73 Å². The van der Waals surface area contributed by atoms with Crippen LogP contribution in [0.3, 0.4) is 0 Å². The number of hydrogen-bond acceptors (Lipinski definition) is 1. The van der Waals surface area contributed by atoms with Gasteiger partial charge in [-0.3, -0.25) is 0 Å². The zero-order valence-electron chi connectivity index (χ0n) is 12.2. The number of anilines is 1. The molecular formula is C16H23F4N. The molecule has 0 saturated carbocycles. The van der Waals surface area contributed by atoms with E-state index in [0.717, 1.165) is 32.1 Å². The maximum absolute atomic E-state index is 13.6. The molecule has 0 aliphatic carbocycles. The first-order valence-electron chi connectivity index (χ1n) is 7.50. The van der Waals surface area contributed by atoms with Gasteiger partial charge in [0.2, 0.25) is 0 Å². The minimum atomic E-state index is -4.03. The first-order valence-corrected chi connectivity index (χ1v) is 7.50. The summed E-state index contributed by atoms with van der Waals surface area (Å²) in [5.41, 5.74) is 6.31. The summed E-state index contributed by atoms with van der Waals surface area (Å²) in [5.74, 6) is -0.329. The van der Waals surface area contributed by atoms with Crippen molar-refractivity contribution in [2.45, 2.75) is 64.0 Å². The third-order valence-electron chi connectivity index (χ3n) is 3.51. The van der Waals surface area contributed by atoms with Gasteiger partial charge in [0.05, 0.1) is 5.69 Å². The fraction of sp³-hybridized carbons (Fsp3) is 0.625. The summed E-state index contributed by atoms with van der Waals surface area (Å²) >= 11 is 0. The van der Waals surface area contributed by atoms with Gasteiger partial charge in [-0.05, 0) is 30.9 Å². The van der Waals surface area contributed by atoms with Gasteiger partial charge in [0.1, 0.15) is 5.82 Å². The lowest BCUT2D eigenvalue weighted by Crippen LogP contribution is -2.06. The van der Waals surface area contributed by atoms with E-state index in [1.807, 2.05) is 0 Å². The van der Waals surface area contributed by atoms with Gasteiger partial charge in [0.25, 0.3) is 0 Å². The van der Waals surface area contributed by atoms with Gasteiger partial charge in [0, 0.05) is 6.42 Å². The molecule has 0 atom stereocenters. The molecule has 2 N–H and O–H groups in total. The molecule has 0 bridgehead atoms. The van der Waals surface area contributed by atoms with E-state index < -0.39 is 12.6 Å². The van der Waals surface area contributed by atoms with Crippen molar-refractivity contribution in [2.24, 2.45) is 0 Å². The topological polar surface area (TPSA) is 26.0 Å². The molecule has 1 aromatic carbocycles. The smallest absolute Gasteiger partial charge is 0.389 e. The quantitative estimate of drug-likeness (QED) is 0.357. The predicted octanol–water partition coefficient (Wildman–Crippen LogP) is 5.63. The van der Waals surface area contributed by atoms with E-state index in [-0.39, 0.29) is 17.9 Å². The molecular weight excluding hydrogens is 282 g/mol. The summed E-state index contributed by atoms with van der Waals surface area (Å²) in [6.07, 6.45) is 1.40. The Balaban J connectivity index is 2.01. The Bertz CT molecular complexity index is 415. The Morgan fingerprint density at radius 1 is 0.857 bits per heavy atom. The molecule has 0 spiro atoms. The fourth-order valence-electron chi connectivity index (χ4n) is 2.32. The largest absolute Gasteiger partial charge is 0.396 e. The van der Waals surface area contributed by atoms with Crippen LogP contribution in [0.4, 0.5) is 23.2 Å². The van der Waals surface area contributed by atoms with Crippen LogP contribution in [-0.2, 0) is 6.42 Å². The highest BCUT2D eigenvalue weighted by atomic mass is 19.4. The number of hydrogen-bond donors (Lipinski definition) is 1. The van der Waals surface area contributed by atoms with Crippen molar-refractivity contribution in [3.8, 4) is 0 Å². The average Bonchev–Trinajstić information content (AvgIpc) is 2.40. The SMILES string of the molecule is Nc1cccc(CCCCCCCCCC(F)(F)F)c1F. The molecule has 0 heterocycles. The maximum atomic E-state index is 13.6. The Hall–Kier alpha value is -1.26. The number of benzene rings is 1. The van der Waals surface area contributed by atoms with Crippen LogP contribution in [-0.4, -0.2) is 6.18 Å². The third-order valence-corrected chi connectivity index (χ3v) is 3.51. The van der Waals surface area contributed by atoms with E-state index in [4.69, 9.17) is 5.73 Å². The van der Waals surface area contributed by atoms with Gasteiger partial charge in [-0.15, -0.1) is 0 Å². The number of nitrogens with two attached hydrogens (primary N) is 1. The summed E-state index contributed by atoms with van der Waals surface area (Å²) in [6, 6.07) is 5.02. The van der Waals surface area contributed by atoms with Crippen molar-refractivity contribution >= 4 is 5.69 Å². The molecule has 120 valence electrons. The number of rotatable bonds is 9. The van der Waals surface area contributed by atoms with Crippen molar-refractivity contribution in [1.29, 1.82) is 0 Å². The molecule has 0 amide bonds.